The molecule has 3 nitrogen and oxygen atoms in total. The van der Waals surface area contributed by atoms with Gasteiger partial charge in [0.1, 0.15) is 0 Å². The van der Waals surface area contributed by atoms with Crippen LogP contribution in [0.1, 0.15) is 35.6 Å². The van der Waals surface area contributed by atoms with Crippen LogP contribution in [-0.2, 0) is 11.0 Å². The van der Waals surface area contributed by atoms with Gasteiger partial charge in [-0.3, -0.25) is 9.69 Å². The van der Waals surface area contributed by atoms with Gasteiger partial charge in [0.15, 0.2) is 0 Å². The quantitative estimate of drug-likeness (QED) is 0.654. The Kier molecular flexibility index (Phi) is 6.22. The summed E-state index contributed by atoms with van der Waals surface area (Å²) >= 11 is 12.4. The van der Waals surface area contributed by atoms with E-state index in [1.807, 2.05) is 4.90 Å². The zero-order valence-corrected chi connectivity index (χ0v) is 16.2. The molecule has 3 rings (SSSR count). The van der Waals surface area contributed by atoms with Crippen molar-refractivity contribution in [1.82, 2.24) is 4.90 Å². The summed E-state index contributed by atoms with van der Waals surface area (Å²) in [5, 5.41) is 10.0. The van der Waals surface area contributed by atoms with Crippen LogP contribution in [0.25, 0.3) is 0 Å². The number of aliphatic carboxylic acids is 1. The molecule has 0 amide bonds. The number of rotatable bonds is 4. The number of carbonyl (C=O) groups is 1. The minimum atomic E-state index is -4.51. The smallest absolute Gasteiger partial charge is 0.416 e. The molecule has 2 aromatic carbocycles. The first-order valence-corrected chi connectivity index (χ1v) is 9.51. The molecule has 150 valence electrons. The highest BCUT2D eigenvalue weighted by Crippen LogP contribution is 2.40. The summed E-state index contributed by atoms with van der Waals surface area (Å²) in [5.74, 6) is -1.50. The Hall–Kier alpha value is -1.76. The SMILES string of the molecule is O=C(O)C1CCCN(C(c2cccc(Cl)c2)c2cc(C(F)(F)F)ccc2Cl)C1. The van der Waals surface area contributed by atoms with Crippen LogP contribution in [0.15, 0.2) is 42.5 Å². The number of piperidine rings is 1. The lowest BCUT2D eigenvalue weighted by molar-refractivity contribution is -0.143. The lowest BCUT2D eigenvalue weighted by Crippen LogP contribution is -2.41. The van der Waals surface area contributed by atoms with E-state index >= 15 is 0 Å². The topological polar surface area (TPSA) is 40.5 Å². The summed E-state index contributed by atoms with van der Waals surface area (Å²) in [6, 6.07) is 9.41. The highest BCUT2D eigenvalue weighted by molar-refractivity contribution is 6.31. The molecule has 28 heavy (non-hydrogen) atoms. The molecule has 1 heterocycles. The van der Waals surface area contributed by atoms with Gasteiger partial charge in [0.2, 0.25) is 0 Å². The van der Waals surface area contributed by atoms with E-state index in [9.17, 15) is 23.1 Å². The van der Waals surface area contributed by atoms with Gasteiger partial charge in [-0.15, -0.1) is 0 Å². The van der Waals surface area contributed by atoms with Crippen LogP contribution in [0.4, 0.5) is 13.2 Å². The fourth-order valence-electron chi connectivity index (χ4n) is 3.64. The molecule has 8 heteroatoms. The van der Waals surface area contributed by atoms with Crippen LogP contribution in [0, 0.1) is 5.92 Å². The van der Waals surface area contributed by atoms with E-state index in [1.54, 1.807) is 24.3 Å². The van der Waals surface area contributed by atoms with Gasteiger partial charge in [-0.2, -0.15) is 13.2 Å². The molecule has 1 aliphatic rings. The van der Waals surface area contributed by atoms with Gasteiger partial charge in [-0.05, 0) is 60.8 Å². The predicted octanol–water partition coefficient (Wildman–Crippen LogP) is 5.90. The van der Waals surface area contributed by atoms with Gasteiger partial charge in [-0.25, -0.2) is 0 Å². The van der Waals surface area contributed by atoms with E-state index in [1.165, 1.54) is 6.07 Å². The van der Waals surface area contributed by atoms with E-state index in [2.05, 4.69) is 0 Å². The van der Waals surface area contributed by atoms with Crippen LogP contribution < -0.4 is 0 Å². The van der Waals surface area contributed by atoms with E-state index in [4.69, 9.17) is 23.2 Å². The minimum absolute atomic E-state index is 0.190. The van der Waals surface area contributed by atoms with Gasteiger partial charge in [-0.1, -0.05) is 35.3 Å². The largest absolute Gasteiger partial charge is 0.481 e. The van der Waals surface area contributed by atoms with Gasteiger partial charge in [0.05, 0.1) is 17.5 Å². The van der Waals surface area contributed by atoms with Crippen molar-refractivity contribution in [3.05, 3.63) is 69.2 Å². The molecule has 2 unspecified atom stereocenters. The Balaban J connectivity index is 2.11. The second kappa shape index (κ2) is 8.31. The number of hydrogen-bond donors (Lipinski definition) is 1. The molecule has 0 spiro atoms. The molecule has 0 aliphatic carbocycles. The maximum Gasteiger partial charge on any atom is 0.416 e. The third kappa shape index (κ3) is 4.62. The lowest BCUT2D eigenvalue weighted by atomic mass is 9.90. The molecule has 2 aromatic rings. The fraction of sp³-hybridized carbons (Fsp3) is 0.350. The summed E-state index contributed by atoms with van der Waals surface area (Å²) in [5.41, 5.74) is 0.148. The average Bonchev–Trinajstić information content (AvgIpc) is 2.63. The second-order valence-corrected chi connectivity index (χ2v) is 7.71. The molecular weight excluding hydrogens is 414 g/mol. The van der Waals surface area contributed by atoms with Gasteiger partial charge in [0, 0.05) is 16.6 Å². The van der Waals surface area contributed by atoms with E-state index in [-0.39, 0.29) is 17.1 Å². The number of carboxylic acid groups (broad SMARTS) is 1. The zero-order valence-electron chi connectivity index (χ0n) is 14.7. The lowest BCUT2D eigenvalue weighted by Gasteiger charge is -2.38. The summed E-state index contributed by atoms with van der Waals surface area (Å²) in [4.78, 5) is 13.3. The van der Waals surface area contributed by atoms with Crippen LogP contribution in [0.2, 0.25) is 10.0 Å². The van der Waals surface area contributed by atoms with Gasteiger partial charge in [0.25, 0.3) is 0 Å². The average molecular weight is 432 g/mol. The molecule has 0 aromatic heterocycles. The first-order chi connectivity index (χ1) is 13.2. The van der Waals surface area contributed by atoms with Crippen molar-refractivity contribution in [2.75, 3.05) is 13.1 Å². The second-order valence-electron chi connectivity index (χ2n) is 6.86. The summed E-state index contributed by atoms with van der Waals surface area (Å²) in [7, 11) is 0. The number of hydrogen-bond acceptors (Lipinski definition) is 2. The molecule has 1 aliphatic heterocycles. The van der Waals surface area contributed by atoms with Gasteiger partial charge < -0.3 is 5.11 Å². The van der Waals surface area contributed by atoms with Crippen LogP contribution in [-0.4, -0.2) is 29.1 Å². The normalized spacial score (nSPS) is 19.4. The molecule has 0 bridgehead atoms. The standard InChI is InChI=1S/C20H18Cl2F3NO2/c21-15-5-1-3-12(9-15)18(26-8-2-4-13(11-26)19(27)28)16-10-14(20(23,24)25)6-7-17(16)22/h1,3,5-7,9-10,13,18H,2,4,8,11H2,(H,27,28). The maximum atomic E-state index is 13.3. The molecule has 0 saturated carbocycles. The molecule has 1 saturated heterocycles. The Labute approximate surface area is 170 Å². The van der Waals surface area contributed by atoms with E-state index in [0.29, 0.717) is 30.0 Å². The Morgan fingerprint density at radius 3 is 2.57 bits per heavy atom. The molecule has 1 fully saturated rings. The number of carboxylic acids is 1. The Morgan fingerprint density at radius 1 is 1.18 bits per heavy atom. The van der Waals surface area contributed by atoms with Crippen LogP contribution >= 0.6 is 23.2 Å². The number of benzene rings is 2. The summed E-state index contributed by atoms with van der Waals surface area (Å²) < 4.78 is 39.9. The molecular formula is C20H18Cl2F3NO2. The number of halogens is 5. The molecule has 2 atom stereocenters. The first-order valence-electron chi connectivity index (χ1n) is 8.76. The van der Waals surface area contributed by atoms with Crippen molar-refractivity contribution < 1.29 is 23.1 Å². The van der Waals surface area contributed by atoms with Crippen molar-refractivity contribution >= 4 is 29.2 Å². The van der Waals surface area contributed by atoms with Crippen molar-refractivity contribution in [2.45, 2.75) is 25.1 Å². The number of nitrogens with zero attached hydrogens (tertiary/aromatic N) is 1. The predicted molar refractivity (Wildman–Crippen MR) is 102 cm³/mol. The van der Waals surface area contributed by atoms with Crippen LogP contribution in [0.3, 0.4) is 0 Å². The zero-order chi connectivity index (χ0) is 20.5. The van der Waals surface area contributed by atoms with Crippen molar-refractivity contribution in [3.63, 3.8) is 0 Å². The van der Waals surface area contributed by atoms with Crippen molar-refractivity contribution in [2.24, 2.45) is 5.92 Å². The summed E-state index contributed by atoms with van der Waals surface area (Å²) in [6.07, 6.45) is -3.35. The first kappa shape index (κ1) is 21.0. The van der Waals surface area contributed by atoms with Crippen molar-refractivity contribution in [1.29, 1.82) is 0 Å². The Bertz CT molecular complexity index is 873. The fourth-order valence-corrected chi connectivity index (χ4v) is 4.06. The third-order valence-electron chi connectivity index (χ3n) is 4.95. The number of alkyl halides is 3. The Morgan fingerprint density at radius 2 is 1.93 bits per heavy atom. The maximum absolute atomic E-state index is 13.3. The molecule has 0 radical (unpaired) electrons. The van der Waals surface area contributed by atoms with E-state index in [0.717, 1.165) is 12.1 Å². The highest BCUT2D eigenvalue weighted by atomic mass is 35.5. The van der Waals surface area contributed by atoms with Crippen molar-refractivity contribution in [3.8, 4) is 0 Å². The monoisotopic (exact) mass is 431 g/mol. The molecule has 1 N–H and O–H groups in total. The highest BCUT2D eigenvalue weighted by Gasteiger charge is 2.35. The third-order valence-corrected chi connectivity index (χ3v) is 5.53. The minimum Gasteiger partial charge on any atom is -0.481 e. The van der Waals surface area contributed by atoms with Gasteiger partial charge >= 0.3 is 12.1 Å². The summed E-state index contributed by atoms with van der Waals surface area (Å²) in [6.45, 7) is 0.770. The van der Waals surface area contributed by atoms with Crippen LogP contribution in [0.5, 0.6) is 0 Å². The number of likely N-dealkylation sites (tertiary alicyclic amines) is 1. The van der Waals surface area contributed by atoms with E-state index < -0.39 is 29.7 Å².